The summed E-state index contributed by atoms with van der Waals surface area (Å²) in [5.41, 5.74) is 5.57. The fourth-order valence-corrected chi connectivity index (χ4v) is 4.61. The third-order valence-electron chi connectivity index (χ3n) is 6.73. The number of rotatable bonds is 6. The second kappa shape index (κ2) is 9.33. The van der Waals surface area contributed by atoms with Crippen LogP contribution in [0.15, 0.2) is 49.1 Å². The summed E-state index contributed by atoms with van der Waals surface area (Å²) in [5.74, 6) is 0.812. The molecule has 6 rings (SSSR count). The second-order valence-corrected chi connectivity index (χ2v) is 9.54. The SMILES string of the molecule is COc1ncnc(C2CC2)c1-c1nc(/C=C/c2ccc(-n3nc(C(F)(F)F)cc3C)cc2)cc2c1ncn2C. The molecular weight excluding hydrogens is 507 g/mol. The van der Waals surface area contributed by atoms with Crippen LogP contribution in [0.2, 0.25) is 0 Å². The fraction of sp³-hybridized carbons (Fsp3) is 0.250. The van der Waals surface area contributed by atoms with Gasteiger partial charge in [-0.25, -0.2) is 24.6 Å². The number of aromatic nitrogens is 7. The molecule has 1 aliphatic carbocycles. The largest absolute Gasteiger partial charge is 0.480 e. The molecule has 0 amide bonds. The van der Waals surface area contributed by atoms with E-state index < -0.39 is 11.9 Å². The molecule has 0 saturated heterocycles. The van der Waals surface area contributed by atoms with Crippen molar-refractivity contribution in [3.63, 3.8) is 0 Å². The van der Waals surface area contributed by atoms with Gasteiger partial charge in [-0.15, -0.1) is 0 Å². The van der Waals surface area contributed by atoms with E-state index >= 15 is 0 Å². The van der Waals surface area contributed by atoms with Crippen molar-refractivity contribution in [2.75, 3.05) is 7.11 Å². The van der Waals surface area contributed by atoms with E-state index in [4.69, 9.17) is 9.72 Å². The monoisotopic (exact) mass is 531 g/mol. The summed E-state index contributed by atoms with van der Waals surface area (Å²) in [6, 6.07) is 10.1. The fourth-order valence-electron chi connectivity index (χ4n) is 4.61. The van der Waals surface area contributed by atoms with Gasteiger partial charge in [0.25, 0.3) is 0 Å². The summed E-state index contributed by atoms with van der Waals surface area (Å²) in [7, 11) is 3.51. The van der Waals surface area contributed by atoms with Crippen LogP contribution >= 0.6 is 0 Å². The van der Waals surface area contributed by atoms with E-state index in [0.29, 0.717) is 34.6 Å². The van der Waals surface area contributed by atoms with Crippen LogP contribution in [-0.2, 0) is 13.2 Å². The summed E-state index contributed by atoms with van der Waals surface area (Å²) >= 11 is 0. The average Bonchev–Trinajstić information content (AvgIpc) is 3.60. The van der Waals surface area contributed by atoms with Crippen LogP contribution in [0.5, 0.6) is 5.88 Å². The Bertz CT molecular complexity index is 1710. The molecule has 0 radical (unpaired) electrons. The number of imidazole rings is 1. The molecule has 0 spiro atoms. The average molecular weight is 532 g/mol. The van der Waals surface area contributed by atoms with E-state index in [9.17, 15) is 13.2 Å². The Balaban J connectivity index is 1.36. The minimum atomic E-state index is -4.49. The van der Waals surface area contributed by atoms with Crippen molar-refractivity contribution in [2.45, 2.75) is 31.9 Å². The standard InChI is InChI=1S/C28H24F3N7O/c1-16-12-22(28(29,30)31)36-38(16)20-10-5-17(6-11-20)4-9-19-13-21-25(34-15-37(21)2)26(35-19)23-24(18-7-8-18)32-14-33-27(23)39-3/h4-6,9-15,18H,7-8H2,1-3H3/b9-4+. The number of fused-ring (bicyclic) bond motifs is 1. The molecule has 0 aliphatic heterocycles. The van der Waals surface area contributed by atoms with Gasteiger partial charge in [0.1, 0.15) is 17.5 Å². The van der Waals surface area contributed by atoms with Gasteiger partial charge >= 0.3 is 6.18 Å². The molecule has 5 aromatic rings. The molecule has 1 saturated carbocycles. The first-order valence-corrected chi connectivity index (χ1v) is 12.4. The molecule has 0 N–H and O–H groups in total. The van der Waals surface area contributed by atoms with Crippen molar-refractivity contribution in [1.82, 2.24) is 34.3 Å². The zero-order chi connectivity index (χ0) is 27.3. The zero-order valence-electron chi connectivity index (χ0n) is 21.4. The molecule has 4 aromatic heterocycles. The number of pyridine rings is 1. The number of ether oxygens (including phenoxy) is 1. The molecule has 1 aliphatic rings. The Labute approximate surface area is 221 Å². The topological polar surface area (TPSA) is 83.5 Å². The van der Waals surface area contributed by atoms with Gasteiger partial charge in [0.2, 0.25) is 5.88 Å². The minimum Gasteiger partial charge on any atom is -0.480 e. The van der Waals surface area contributed by atoms with E-state index in [1.807, 2.05) is 42.0 Å². The Morgan fingerprint density at radius 1 is 1.03 bits per heavy atom. The first-order valence-electron chi connectivity index (χ1n) is 12.4. The van der Waals surface area contributed by atoms with Gasteiger partial charge < -0.3 is 9.30 Å². The maximum Gasteiger partial charge on any atom is 0.435 e. The number of alkyl halides is 3. The van der Waals surface area contributed by atoms with Crippen LogP contribution in [-0.4, -0.2) is 41.4 Å². The highest BCUT2D eigenvalue weighted by Crippen LogP contribution is 2.46. The lowest BCUT2D eigenvalue weighted by Crippen LogP contribution is -2.07. The van der Waals surface area contributed by atoms with Gasteiger partial charge in [-0.3, -0.25) is 0 Å². The highest BCUT2D eigenvalue weighted by molar-refractivity contribution is 5.93. The molecule has 198 valence electrons. The molecule has 0 bridgehead atoms. The highest BCUT2D eigenvalue weighted by atomic mass is 19.4. The van der Waals surface area contributed by atoms with E-state index in [1.165, 1.54) is 11.0 Å². The van der Waals surface area contributed by atoms with Crippen LogP contribution in [0.25, 0.3) is 40.1 Å². The van der Waals surface area contributed by atoms with Crippen LogP contribution in [0.1, 0.15) is 47.1 Å². The summed E-state index contributed by atoms with van der Waals surface area (Å²) in [4.78, 5) is 18.4. The normalized spacial score (nSPS) is 14.0. The Morgan fingerprint density at radius 3 is 2.46 bits per heavy atom. The molecule has 0 atom stereocenters. The lowest BCUT2D eigenvalue weighted by Gasteiger charge is -2.12. The van der Waals surface area contributed by atoms with Crippen molar-refractivity contribution in [3.8, 4) is 22.8 Å². The van der Waals surface area contributed by atoms with E-state index in [2.05, 4.69) is 20.1 Å². The molecule has 11 heteroatoms. The molecule has 8 nitrogen and oxygen atoms in total. The van der Waals surface area contributed by atoms with Crippen LogP contribution in [0.3, 0.4) is 0 Å². The van der Waals surface area contributed by atoms with Crippen molar-refractivity contribution >= 4 is 23.2 Å². The van der Waals surface area contributed by atoms with Gasteiger partial charge in [-0.1, -0.05) is 18.2 Å². The summed E-state index contributed by atoms with van der Waals surface area (Å²) in [5, 5.41) is 3.72. The molecular formula is C28H24F3N7O. The van der Waals surface area contributed by atoms with Crippen molar-refractivity contribution < 1.29 is 17.9 Å². The maximum absolute atomic E-state index is 13.1. The van der Waals surface area contributed by atoms with Crippen molar-refractivity contribution in [1.29, 1.82) is 0 Å². The van der Waals surface area contributed by atoms with Crippen LogP contribution in [0, 0.1) is 6.92 Å². The quantitative estimate of drug-likeness (QED) is 0.268. The molecule has 1 fully saturated rings. The van der Waals surface area contributed by atoms with Crippen molar-refractivity contribution in [2.24, 2.45) is 7.05 Å². The van der Waals surface area contributed by atoms with Gasteiger partial charge in [0.05, 0.1) is 41.6 Å². The number of nitrogens with zero attached hydrogens (tertiary/aromatic N) is 7. The predicted molar refractivity (Wildman–Crippen MR) is 140 cm³/mol. The number of methoxy groups -OCH3 is 1. The Morgan fingerprint density at radius 2 is 1.79 bits per heavy atom. The maximum atomic E-state index is 13.1. The van der Waals surface area contributed by atoms with Crippen molar-refractivity contribution in [3.05, 3.63) is 77.4 Å². The van der Waals surface area contributed by atoms with Gasteiger partial charge in [-0.2, -0.15) is 18.3 Å². The third-order valence-corrected chi connectivity index (χ3v) is 6.73. The lowest BCUT2D eigenvalue weighted by molar-refractivity contribution is -0.141. The second-order valence-electron chi connectivity index (χ2n) is 9.54. The molecule has 4 heterocycles. The van der Waals surface area contributed by atoms with E-state index in [0.717, 1.165) is 46.8 Å². The first kappa shape index (κ1) is 24.8. The summed E-state index contributed by atoms with van der Waals surface area (Å²) in [6.07, 6.45) is 4.68. The van der Waals surface area contributed by atoms with Gasteiger partial charge in [0.15, 0.2) is 5.69 Å². The number of aryl methyl sites for hydroxylation is 2. The number of halogens is 3. The highest BCUT2D eigenvalue weighted by Gasteiger charge is 2.34. The molecule has 39 heavy (non-hydrogen) atoms. The number of hydrogen-bond donors (Lipinski definition) is 0. The van der Waals surface area contributed by atoms with E-state index in [1.54, 1.807) is 32.5 Å². The summed E-state index contributed by atoms with van der Waals surface area (Å²) in [6.45, 7) is 1.59. The molecule has 1 aromatic carbocycles. The van der Waals surface area contributed by atoms with Gasteiger partial charge in [-0.05, 0) is 55.7 Å². The van der Waals surface area contributed by atoms with Crippen LogP contribution in [0.4, 0.5) is 13.2 Å². The third kappa shape index (κ3) is 4.64. The number of hydrogen-bond acceptors (Lipinski definition) is 6. The van der Waals surface area contributed by atoms with Gasteiger partial charge in [0, 0.05) is 18.7 Å². The number of benzene rings is 1. The predicted octanol–water partition coefficient (Wildman–Crippen LogP) is 5.99. The first-order chi connectivity index (χ1) is 18.7. The minimum absolute atomic E-state index is 0.348. The van der Waals surface area contributed by atoms with E-state index in [-0.39, 0.29) is 0 Å². The Kier molecular flexibility index (Phi) is 5.93. The van der Waals surface area contributed by atoms with Crippen LogP contribution < -0.4 is 4.74 Å². The smallest absolute Gasteiger partial charge is 0.435 e. The zero-order valence-corrected chi connectivity index (χ0v) is 21.4. The Hall–Kier alpha value is -4.54. The summed E-state index contributed by atoms with van der Waals surface area (Å²) < 4.78 is 48.0. The lowest BCUT2D eigenvalue weighted by atomic mass is 10.1. The molecule has 0 unspecified atom stereocenters.